The van der Waals surface area contributed by atoms with Crippen molar-refractivity contribution in [3.8, 4) is 0 Å². The lowest BCUT2D eigenvalue weighted by atomic mass is 10.0. The number of amides is 2. The van der Waals surface area contributed by atoms with Gasteiger partial charge in [0, 0.05) is 32.1 Å². The number of nitrogens with two attached hydrogens (primary N) is 1. The van der Waals surface area contributed by atoms with E-state index < -0.39 is 11.9 Å². The third-order valence-electron chi connectivity index (χ3n) is 5.41. The number of aryl methyl sites for hydroxylation is 1. The second-order valence-corrected chi connectivity index (χ2v) is 7.74. The molecule has 0 bridgehead atoms. The Hall–Kier alpha value is -2.81. The average Bonchev–Trinajstić information content (AvgIpc) is 3.05. The van der Waals surface area contributed by atoms with Crippen molar-refractivity contribution in [1.82, 2.24) is 15.5 Å². The van der Waals surface area contributed by atoms with E-state index in [0.29, 0.717) is 38.9 Å². The van der Waals surface area contributed by atoms with Crippen molar-refractivity contribution >= 4 is 36.2 Å². The van der Waals surface area contributed by atoms with Gasteiger partial charge in [0.1, 0.15) is 0 Å². The lowest BCUT2D eigenvalue weighted by molar-refractivity contribution is -0.144. The highest BCUT2D eigenvalue weighted by atomic mass is 35.5. The monoisotopic (exact) mass is 467 g/mol. The number of halogens is 1. The molecule has 0 radical (unpaired) electrons. The molecule has 10 heteroatoms. The maximum atomic E-state index is 12.9. The zero-order valence-electron chi connectivity index (χ0n) is 18.5. The maximum Gasteiger partial charge on any atom is 0.306 e. The number of esters is 1. The van der Waals surface area contributed by atoms with Gasteiger partial charge in [-0.3, -0.25) is 19.8 Å². The van der Waals surface area contributed by atoms with E-state index >= 15 is 0 Å². The summed E-state index contributed by atoms with van der Waals surface area (Å²) in [5.41, 5.74) is 6.43. The molecular weight excluding hydrogens is 434 g/mol. The third kappa shape index (κ3) is 9.13. The predicted octanol–water partition coefficient (Wildman–Crippen LogP) is 1.20. The minimum Gasteiger partial charge on any atom is -0.469 e. The molecular formula is C22H34ClN5O4. The molecule has 0 unspecified atom stereocenters. The van der Waals surface area contributed by atoms with Crippen LogP contribution in [0.2, 0.25) is 0 Å². The van der Waals surface area contributed by atoms with E-state index in [0.717, 1.165) is 12.8 Å². The van der Waals surface area contributed by atoms with Gasteiger partial charge in [-0.15, -0.1) is 12.4 Å². The summed E-state index contributed by atoms with van der Waals surface area (Å²) < 4.78 is 4.73. The Morgan fingerprint density at radius 3 is 2.59 bits per heavy atom. The van der Waals surface area contributed by atoms with Crippen LogP contribution in [-0.2, 0) is 25.5 Å². The van der Waals surface area contributed by atoms with Crippen LogP contribution in [0.4, 0.5) is 0 Å². The molecule has 2 atom stereocenters. The van der Waals surface area contributed by atoms with Gasteiger partial charge in [-0.05, 0) is 31.2 Å². The molecule has 32 heavy (non-hydrogen) atoms. The van der Waals surface area contributed by atoms with Crippen molar-refractivity contribution in [2.45, 2.75) is 44.6 Å². The average molecular weight is 468 g/mol. The van der Waals surface area contributed by atoms with Crippen LogP contribution < -0.4 is 16.4 Å². The number of hydrogen-bond donors (Lipinski definition) is 4. The van der Waals surface area contributed by atoms with Gasteiger partial charge in [0.05, 0.1) is 19.4 Å². The number of likely N-dealkylation sites (tertiary alicyclic amines) is 1. The number of benzene rings is 1. The molecule has 9 nitrogen and oxygen atoms in total. The van der Waals surface area contributed by atoms with Gasteiger partial charge < -0.3 is 26.0 Å². The Kier molecular flexibility index (Phi) is 12.2. The van der Waals surface area contributed by atoms with Crippen molar-refractivity contribution in [3.05, 3.63) is 35.9 Å². The fourth-order valence-electron chi connectivity index (χ4n) is 3.80. The molecule has 1 heterocycles. The first-order chi connectivity index (χ1) is 14.9. The molecule has 0 spiro atoms. The number of guanidine groups is 1. The van der Waals surface area contributed by atoms with Crippen molar-refractivity contribution in [1.29, 1.82) is 5.41 Å². The molecule has 1 saturated heterocycles. The number of nitrogens with one attached hydrogen (secondary N) is 3. The highest BCUT2D eigenvalue weighted by Crippen LogP contribution is 2.28. The molecule has 0 saturated carbocycles. The first-order valence-electron chi connectivity index (χ1n) is 10.7. The number of methoxy groups -OCH3 is 1. The fraction of sp³-hybridized carbons (Fsp3) is 0.545. The molecule has 1 fully saturated rings. The topological polar surface area (TPSA) is 138 Å². The number of hydrogen-bond acceptors (Lipinski definition) is 5. The minimum atomic E-state index is -0.411. The normalized spacial score (nSPS) is 17.4. The Balaban J connectivity index is 0.00000512. The van der Waals surface area contributed by atoms with Crippen molar-refractivity contribution < 1.29 is 19.1 Å². The van der Waals surface area contributed by atoms with Crippen LogP contribution in [0.15, 0.2) is 30.3 Å². The second kappa shape index (κ2) is 14.3. The summed E-state index contributed by atoms with van der Waals surface area (Å²) in [5, 5.41) is 12.7. The van der Waals surface area contributed by atoms with E-state index in [2.05, 4.69) is 22.8 Å². The molecule has 2 amide bonds. The SMILES string of the molecule is COC(=O)C[C@@H]1C[C@@H](CNC(=O)CCCNC(=N)N)N(CCCc2ccccc2)C1=O.Cl. The Bertz CT molecular complexity index is 762. The molecule has 1 aliphatic rings. The highest BCUT2D eigenvalue weighted by Gasteiger charge is 2.40. The van der Waals surface area contributed by atoms with Gasteiger partial charge in [-0.25, -0.2) is 0 Å². The summed E-state index contributed by atoms with van der Waals surface area (Å²) in [7, 11) is 1.32. The second-order valence-electron chi connectivity index (χ2n) is 7.74. The van der Waals surface area contributed by atoms with Gasteiger partial charge in [0.2, 0.25) is 11.8 Å². The van der Waals surface area contributed by atoms with Crippen LogP contribution >= 0.6 is 12.4 Å². The Morgan fingerprint density at radius 2 is 1.94 bits per heavy atom. The molecule has 0 aliphatic carbocycles. The van der Waals surface area contributed by atoms with Gasteiger partial charge >= 0.3 is 5.97 Å². The van der Waals surface area contributed by atoms with E-state index in [4.69, 9.17) is 15.9 Å². The minimum absolute atomic E-state index is 0. The van der Waals surface area contributed by atoms with E-state index in [-0.39, 0.29) is 42.6 Å². The molecule has 5 N–H and O–H groups in total. The summed E-state index contributed by atoms with van der Waals surface area (Å²) in [6, 6.07) is 9.94. The lowest BCUT2D eigenvalue weighted by Crippen LogP contribution is -2.42. The number of carbonyl (C=O) groups is 3. The van der Waals surface area contributed by atoms with E-state index in [1.165, 1.54) is 12.7 Å². The first kappa shape index (κ1) is 27.2. The molecule has 178 valence electrons. The van der Waals surface area contributed by atoms with Crippen LogP contribution in [0.3, 0.4) is 0 Å². The van der Waals surface area contributed by atoms with Gasteiger partial charge in [0.15, 0.2) is 5.96 Å². The summed E-state index contributed by atoms with van der Waals surface area (Å²) in [6.07, 6.45) is 3.11. The van der Waals surface area contributed by atoms with Crippen LogP contribution in [0.1, 0.15) is 37.7 Å². The maximum absolute atomic E-state index is 12.9. The number of carbonyl (C=O) groups excluding carboxylic acids is 3. The van der Waals surface area contributed by atoms with Crippen LogP contribution in [0.5, 0.6) is 0 Å². The zero-order valence-corrected chi connectivity index (χ0v) is 19.3. The Labute approximate surface area is 195 Å². The van der Waals surface area contributed by atoms with E-state index in [9.17, 15) is 14.4 Å². The van der Waals surface area contributed by atoms with Gasteiger partial charge in [-0.1, -0.05) is 30.3 Å². The van der Waals surface area contributed by atoms with Crippen molar-refractivity contribution in [3.63, 3.8) is 0 Å². The highest BCUT2D eigenvalue weighted by molar-refractivity contribution is 5.86. The van der Waals surface area contributed by atoms with Crippen molar-refractivity contribution in [2.75, 3.05) is 26.7 Å². The molecule has 0 aromatic heterocycles. The lowest BCUT2D eigenvalue weighted by Gasteiger charge is -2.25. The van der Waals surface area contributed by atoms with E-state index in [1.54, 1.807) is 4.90 Å². The molecule has 1 aromatic rings. The summed E-state index contributed by atoms with van der Waals surface area (Å²) >= 11 is 0. The number of ether oxygens (including phenoxy) is 1. The van der Waals surface area contributed by atoms with Crippen LogP contribution in [0.25, 0.3) is 0 Å². The largest absolute Gasteiger partial charge is 0.469 e. The first-order valence-corrected chi connectivity index (χ1v) is 10.7. The van der Waals surface area contributed by atoms with Gasteiger partial charge in [0.25, 0.3) is 0 Å². The quantitative estimate of drug-likeness (QED) is 0.158. The standard InChI is InChI=1S/C22H33N5O4.ClH/c1-31-20(29)14-17-13-18(15-26-19(28)10-5-11-25-22(23)24)27(21(17)30)12-6-9-16-7-3-2-4-8-16;/h2-4,7-8,17-18H,5-6,9-15H2,1H3,(H,26,28)(H4,23,24,25);1H/t17-,18-;/m0./s1. The summed E-state index contributed by atoms with van der Waals surface area (Å²) in [5.74, 6) is -1.09. The van der Waals surface area contributed by atoms with Crippen LogP contribution in [0, 0.1) is 11.3 Å². The van der Waals surface area contributed by atoms with E-state index in [1.807, 2.05) is 18.2 Å². The van der Waals surface area contributed by atoms with Crippen LogP contribution in [-0.4, -0.2) is 61.4 Å². The third-order valence-corrected chi connectivity index (χ3v) is 5.41. The smallest absolute Gasteiger partial charge is 0.306 e. The molecule has 1 aliphatic heterocycles. The van der Waals surface area contributed by atoms with Crippen molar-refractivity contribution in [2.24, 2.45) is 11.7 Å². The number of rotatable bonds is 12. The zero-order chi connectivity index (χ0) is 22.6. The summed E-state index contributed by atoms with van der Waals surface area (Å²) in [4.78, 5) is 38.5. The predicted molar refractivity (Wildman–Crippen MR) is 124 cm³/mol. The molecule has 2 rings (SSSR count). The summed E-state index contributed by atoms with van der Waals surface area (Å²) in [6.45, 7) is 1.39. The fourth-order valence-corrected chi connectivity index (χ4v) is 3.80. The number of nitrogens with zero attached hydrogens (tertiary/aromatic N) is 1. The Morgan fingerprint density at radius 1 is 1.22 bits per heavy atom. The molecule has 1 aromatic carbocycles. The van der Waals surface area contributed by atoms with Gasteiger partial charge in [-0.2, -0.15) is 0 Å².